The molecule has 0 radical (unpaired) electrons. The van der Waals surface area contributed by atoms with Crippen LogP contribution in [-0.2, 0) is 29.2 Å². The van der Waals surface area contributed by atoms with Crippen molar-refractivity contribution in [2.24, 2.45) is 12.0 Å². The summed E-state index contributed by atoms with van der Waals surface area (Å²) < 4.78 is 40.9. The van der Waals surface area contributed by atoms with Gasteiger partial charge >= 0.3 is 6.18 Å². The first-order valence-electron chi connectivity index (χ1n) is 11.5. The average molecular weight is 475 g/mol. The molecule has 1 aliphatic carbocycles. The monoisotopic (exact) mass is 474 g/mol. The summed E-state index contributed by atoms with van der Waals surface area (Å²) in [6.07, 6.45) is 2.26. The molecule has 0 N–H and O–H groups in total. The molecule has 1 spiro atoms. The average Bonchev–Trinajstić information content (AvgIpc) is 3.33. The molecule has 0 saturated heterocycles. The smallest absolute Gasteiger partial charge is 0.354 e. The van der Waals surface area contributed by atoms with Crippen LogP contribution in [0.2, 0.25) is 0 Å². The highest BCUT2D eigenvalue weighted by molar-refractivity contribution is 6.47. The maximum Gasteiger partial charge on any atom is 0.416 e. The number of halogens is 3. The third kappa shape index (κ3) is 4.74. The van der Waals surface area contributed by atoms with Gasteiger partial charge < -0.3 is 14.4 Å². The Hall–Kier alpha value is -3.10. The zero-order chi connectivity index (χ0) is 24.5. The Morgan fingerprint density at radius 2 is 1.79 bits per heavy atom. The molecule has 0 unspecified atom stereocenters. The van der Waals surface area contributed by atoms with Crippen LogP contribution >= 0.6 is 0 Å². The fraction of sp³-hybridized carbons (Fsp3) is 0.480. The summed E-state index contributed by atoms with van der Waals surface area (Å²) in [6, 6.07) is 8.45. The van der Waals surface area contributed by atoms with Crippen LogP contribution in [0.1, 0.15) is 48.9 Å². The Balaban J connectivity index is 1.52. The summed E-state index contributed by atoms with van der Waals surface area (Å²) in [5.41, 5.74) is 0.00195. The van der Waals surface area contributed by atoms with Gasteiger partial charge in [-0.3, -0.25) is 14.6 Å². The molecule has 182 valence electrons. The van der Waals surface area contributed by atoms with Crippen LogP contribution in [0.15, 0.2) is 47.6 Å². The largest absolute Gasteiger partial charge is 0.416 e. The lowest BCUT2D eigenvalue weighted by molar-refractivity contribution is -0.140. The molecule has 0 atom stereocenters. The van der Waals surface area contributed by atoms with Crippen LogP contribution in [0.3, 0.4) is 0 Å². The van der Waals surface area contributed by atoms with Crippen molar-refractivity contribution >= 4 is 17.5 Å². The Labute approximate surface area is 197 Å². The van der Waals surface area contributed by atoms with Crippen LogP contribution < -0.4 is 0 Å². The highest BCUT2D eigenvalue weighted by Crippen LogP contribution is 2.40. The molecule has 2 aromatic rings. The van der Waals surface area contributed by atoms with E-state index in [1.807, 2.05) is 29.9 Å². The zero-order valence-electron chi connectivity index (χ0n) is 19.4. The number of hydrogen-bond donors (Lipinski definition) is 0. The van der Waals surface area contributed by atoms with Gasteiger partial charge in [-0.1, -0.05) is 18.6 Å². The van der Waals surface area contributed by atoms with Crippen molar-refractivity contribution in [3.05, 3.63) is 59.4 Å². The molecule has 34 heavy (non-hydrogen) atoms. The van der Waals surface area contributed by atoms with Gasteiger partial charge in [-0.25, -0.2) is 0 Å². The number of aryl methyl sites for hydroxylation is 1. The third-order valence-corrected chi connectivity index (χ3v) is 6.88. The number of benzene rings is 1. The molecule has 1 aromatic heterocycles. The van der Waals surface area contributed by atoms with E-state index in [9.17, 15) is 22.8 Å². The number of aromatic nitrogens is 1. The molecule has 1 aromatic carbocycles. The van der Waals surface area contributed by atoms with E-state index in [1.54, 1.807) is 16.8 Å². The molecular formula is C25H29F3N4O2. The van der Waals surface area contributed by atoms with E-state index in [0.717, 1.165) is 37.1 Å². The summed E-state index contributed by atoms with van der Waals surface area (Å²) in [7, 11) is 3.67. The number of alkyl halides is 3. The first-order chi connectivity index (χ1) is 16.1. The fourth-order valence-corrected chi connectivity index (χ4v) is 4.78. The summed E-state index contributed by atoms with van der Waals surface area (Å²) in [5, 5.41) is 0. The van der Waals surface area contributed by atoms with Crippen LogP contribution in [-0.4, -0.2) is 57.7 Å². The second-order valence-corrected chi connectivity index (χ2v) is 9.15. The van der Waals surface area contributed by atoms with Gasteiger partial charge in [-0.2, -0.15) is 13.2 Å². The second kappa shape index (κ2) is 9.27. The van der Waals surface area contributed by atoms with Crippen molar-refractivity contribution in [1.82, 2.24) is 14.4 Å². The van der Waals surface area contributed by atoms with E-state index < -0.39 is 23.3 Å². The Kier molecular flexibility index (Phi) is 6.55. The first-order valence-corrected chi connectivity index (χ1v) is 11.5. The first kappa shape index (κ1) is 24.0. The lowest BCUT2D eigenvalue weighted by atomic mass is 9.88. The lowest BCUT2D eigenvalue weighted by Crippen LogP contribution is -2.52. The number of hydrogen-bond acceptors (Lipinski definition) is 3. The molecule has 1 aliphatic heterocycles. The van der Waals surface area contributed by atoms with Crippen LogP contribution in [0, 0.1) is 0 Å². The molecule has 2 amide bonds. The van der Waals surface area contributed by atoms with E-state index in [4.69, 9.17) is 4.99 Å². The highest BCUT2D eigenvalue weighted by atomic mass is 19.4. The molecule has 6 nitrogen and oxygen atoms in total. The predicted octanol–water partition coefficient (Wildman–Crippen LogP) is 4.04. The number of amides is 2. The van der Waals surface area contributed by atoms with Crippen molar-refractivity contribution < 1.29 is 22.8 Å². The minimum Gasteiger partial charge on any atom is -0.354 e. The molecule has 9 heteroatoms. The molecular weight excluding hydrogens is 445 g/mol. The number of nitrogens with zero attached hydrogens (tertiary/aromatic N) is 4. The van der Waals surface area contributed by atoms with Crippen molar-refractivity contribution in [2.75, 3.05) is 20.1 Å². The highest BCUT2D eigenvalue weighted by Gasteiger charge is 2.48. The van der Waals surface area contributed by atoms with E-state index in [1.165, 1.54) is 12.1 Å². The molecule has 1 fully saturated rings. The standard InChI is InChI=1S/C25H29F3N4O2/c1-30-15-6-7-20(30)12-16-31(2)21(33)17-32-23(34)22(29-24(32)13-4-3-5-14-24)18-8-10-19(11-9-18)25(26,27)28/h6-11,15H,3-5,12-14,16-17H2,1-2H3. The van der Waals surface area contributed by atoms with Gasteiger partial charge in [0.1, 0.15) is 17.9 Å². The maximum absolute atomic E-state index is 13.4. The topological polar surface area (TPSA) is 57.9 Å². The van der Waals surface area contributed by atoms with Gasteiger partial charge in [-0.15, -0.1) is 0 Å². The SMILES string of the molecule is CN(CCc1cccn1C)C(=O)CN1C(=O)C(c2ccc(C(F)(F)F)cc2)=NC12CCCCC2. The second-order valence-electron chi connectivity index (χ2n) is 9.15. The Bertz CT molecular complexity index is 1080. The summed E-state index contributed by atoms with van der Waals surface area (Å²) >= 11 is 0. The van der Waals surface area contributed by atoms with Gasteiger partial charge in [-0.05, 0) is 49.9 Å². The van der Waals surface area contributed by atoms with Gasteiger partial charge in [0, 0.05) is 44.5 Å². The van der Waals surface area contributed by atoms with Crippen LogP contribution in [0.4, 0.5) is 13.2 Å². The van der Waals surface area contributed by atoms with Crippen LogP contribution in [0.5, 0.6) is 0 Å². The molecule has 0 bridgehead atoms. The molecule has 2 aliphatic rings. The van der Waals surface area contributed by atoms with E-state index in [0.29, 0.717) is 31.4 Å². The van der Waals surface area contributed by atoms with E-state index >= 15 is 0 Å². The summed E-state index contributed by atoms with van der Waals surface area (Å²) in [6.45, 7) is 0.411. The summed E-state index contributed by atoms with van der Waals surface area (Å²) in [5.74, 6) is -0.581. The Morgan fingerprint density at radius 3 is 2.38 bits per heavy atom. The quantitative estimate of drug-likeness (QED) is 0.635. The third-order valence-electron chi connectivity index (χ3n) is 6.88. The van der Waals surface area contributed by atoms with Crippen molar-refractivity contribution in [3.63, 3.8) is 0 Å². The zero-order valence-corrected chi connectivity index (χ0v) is 19.4. The summed E-state index contributed by atoms with van der Waals surface area (Å²) in [4.78, 5) is 34.4. The van der Waals surface area contributed by atoms with Crippen molar-refractivity contribution in [1.29, 1.82) is 0 Å². The van der Waals surface area contributed by atoms with Crippen molar-refractivity contribution in [2.45, 2.75) is 50.4 Å². The molecule has 4 rings (SSSR count). The number of aliphatic imine (C=N–C) groups is 1. The van der Waals surface area contributed by atoms with Crippen LogP contribution in [0.25, 0.3) is 0 Å². The number of carbonyl (C=O) groups excluding carboxylic acids is 2. The number of carbonyl (C=O) groups is 2. The van der Waals surface area contributed by atoms with E-state index in [2.05, 4.69) is 0 Å². The van der Waals surface area contributed by atoms with Gasteiger partial charge in [0.05, 0.1) is 5.56 Å². The van der Waals surface area contributed by atoms with Crippen molar-refractivity contribution in [3.8, 4) is 0 Å². The normalized spacial score (nSPS) is 17.9. The molecule has 2 heterocycles. The minimum atomic E-state index is -4.45. The lowest BCUT2D eigenvalue weighted by Gasteiger charge is -2.39. The number of likely N-dealkylation sites (N-methyl/N-ethyl adjacent to an activating group) is 1. The Morgan fingerprint density at radius 1 is 1.12 bits per heavy atom. The molecule has 1 saturated carbocycles. The predicted molar refractivity (Wildman–Crippen MR) is 122 cm³/mol. The van der Waals surface area contributed by atoms with E-state index in [-0.39, 0.29) is 18.2 Å². The van der Waals surface area contributed by atoms with Gasteiger partial charge in [0.2, 0.25) is 5.91 Å². The fourth-order valence-electron chi connectivity index (χ4n) is 4.78. The van der Waals surface area contributed by atoms with Gasteiger partial charge in [0.15, 0.2) is 0 Å². The van der Waals surface area contributed by atoms with Gasteiger partial charge in [0.25, 0.3) is 5.91 Å². The maximum atomic E-state index is 13.4. The number of rotatable bonds is 6. The minimum absolute atomic E-state index is 0.101.